The maximum atomic E-state index is 12.8. The first kappa shape index (κ1) is 24.2. The van der Waals surface area contributed by atoms with Crippen LogP contribution in [0.3, 0.4) is 0 Å². The van der Waals surface area contributed by atoms with Crippen LogP contribution in [0.1, 0.15) is 64.7 Å². The second kappa shape index (κ2) is 10.1. The largest absolute Gasteiger partial charge is 0.347 e. The van der Waals surface area contributed by atoms with E-state index >= 15 is 0 Å². The minimum Gasteiger partial charge on any atom is -0.347 e. The zero-order chi connectivity index (χ0) is 21.4. The lowest BCUT2D eigenvalue weighted by Gasteiger charge is -2.55. The lowest BCUT2D eigenvalue weighted by molar-refractivity contribution is -0.116. The number of anilines is 1. The lowest BCUT2D eigenvalue weighted by atomic mass is 9.53. The van der Waals surface area contributed by atoms with Gasteiger partial charge in [0, 0.05) is 35.5 Å². The van der Waals surface area contributed by atoms with Crippen LogP contribution in [0.25, 0.3) is 0 Å². The Bertz CT molecular complexity index is 809. The predicted molar refractivity (Wildman–Crippen MR) is 138 cm³/mol. The monoisotopic (exact) mass is 495 g/mol. The number of thioether (sulfide) groups is 1. The van der Waals surface area contributed by atoms with Gasteiger partial charge in [0.25, 0.3) is 0 Å². The van der Waals surface area contributed by atoms with Crippen molar-refractivity contribution in [1.82, 2.24) is 4.90 Å². The molecule has 6 rings (SSSR count). The Morgan fingerprint density at radius 3 is 2.38 bits per heavy atom. The van der Waals surface area contributed by atoms with Crippen LogP contribution in [0.15, 0.2) is 29.3 Å². The van der Waals surface area contributed by atoms with Gasteiger partial charge in [-0.25, -0.2) is 0 Å². The highest BCUT2D eigenvalue weighted by atomic mass is 35.5. The number of hydrogen-bond donors (Lipinski definition) is 1. The minimum atomic E-state index is 0. The molecule has 1 saturated heterocycles. The summed E-state index contributed by atoms with van der Waals surface area (Å²) >= 11 is 7.85. The second-order valence-corrected chi connectivity index (χ2v) is 11.7. The normalized spacial score (nSPS) is 34.1. The van der Waals surface area contributed by atoms with Crippen molar-refractivity contribution in [2.45, 2.75) is 76.3 Å². The molecule has 4 bridgehead atoms. The number of amidine groups is 1. The third-order valence-corrected chi connectivity index (χ3v) is 9.12. The van der Waals surface area contributed by atoms with Crippen LogP contribution in [0.5, 0.6) is 0 Å². The van der Waals surface area contributed by atoms with Crippen molar-refractivity contribution in [2.24, 2.45) is 22.7 Å². The zero-order valence-electron chi connectivity index (χ0n) is 18.9. The molecule has 5 fully saturated rings. The maximum absolute atomic E-state index is 12.8. The molecule has 0 spiro atoms. The number of carbonyl (C=O) groups excluding carboxylic acids is 1. The van der Waals surface area contributed by atoms with Crippen LogP contribution in [-0.4, -0.2) is 39.9 Å². The molecule has 1 unspecified atom stereocenters. The fourth-order valence-electron chi connectivity index (χ4n) is 6.74. The molecule has 1 aromatic rings. The Kier molecular flexibility index (Phi) is 7.68. The number of rotatable bonds is 7. The van der Waals surface area contributed by atoms with E-state index in [0.29, 0.717) is 11.4 Å². The maximum Gasteiger partial charge on any atom is 0.226 e. The van der Waals surface area contributed by atoms with Crippen molar-refractivity contribution in [3.05, 3.63) is 29.3 Å². The number of amides is 1. The molecule has 4 aliphatic carbocycles. The van der Waals surface area contributed by atoms with E-state index in [-0.39, 0.29) is 29.9 Å². The summed E-state index contributed by atoms with van der Waals surface area (Å²) < 4.78 is 0. The smallest absolute Gasteiger partial charge is 0.226 e. The van der Waals surface area contributed by atoms with Crippen molar-refractivity contribution in [3.63, 3.8) is 0 Å². The van der Waals surface area contributed by atoms with Crippen molar-refractivity contribution in [3.8, 4) is 0 Å². The molecule has 1 aromatic carbocycles. The number of unbranched alkanes of at least 4 members (excludes halogenated alkanes) is 1. The summed E-state index contributed by atoms with van der Waals surface area (Å²) in [6.07, 6.45) is 11.1. The van der Waals surface area contributed by atoms with Gasteiger partial charge in [0.2, 0.25) is 5.91 Å². The van der Waals surface area contributed by atoms with Crippen LogP contribution in [-0.2, 0) is 4.79 Å². The van der Waals surface area contributed by atoms with Gasteiger partial charge in [-0.15, -0.1) is 12.4 Å². The second-order valence-electron chi connectivity index (χ2n) is 10.3. The number of nitrogens with one attached hydrogen (secondary N) is 1. The predicted octanol–water partition coefficient (Wildman–Crippen LogP) is 6.63. The number of carbonyl (C=O) groups is 1. The molecule has 1 heterocycles. The summed E-state index contributed by atoms with van der Waals surface area (Å²) in [4.78, 5) is 20.7. The molecule has 4 nitrogen and oxygen atoms in total. The third-order valence-electron chi connectivity index (χ3n) is 7.73. The fraction of sp³-hybridized carbons (Fsp3) is 0.680. The van der Waals surface area contributed by atoms with Crippen molar-refractivity contribution < 1.29 is 4.79 Å². The Hall–Kier alpha value is -0.910. The number of halogens is 2. The summed E-state index contributed by atoms with van der Waals surface area (Å²) in [6, 6.07) is 7.58. The summed E-state index contributed by atoms with van der Waals surface area (Å²) in [5.74, 6) is 3.76. The first-order valence-corrected chi connectivity index (χ1v) is 13.4. The molecule has 1 atom stereocenters. The van der Waals surface area contributed by atoms with Gasteiger partial charge in [-0.05, 0) is 87.0 Å². The molecule has 176 valence electrons. The van der Waals surface area contributed by atoms with Crippen LogP contribution >= 0.6 is 35.8 Å². The Morgan fingerprint density at radius 2 is 1.78 bits per heavy atom. The van der Waals surface area contributed by atoms with Crippen LogP contribution in [0.4, 0.5) is 5.69 Å². The lowest BCUT2D eigenvalue weighted by Crippen LogP contribution is -2.50. The van der Waals surface area contributed by atoms with E-state index in [1.54, 1.807) is 0 Å². The molecule has 5 aliphatic rings. The molecule has 7 heteroatoms. The first-order chi connectivity index (χ1) is 15.0. The average Bonchev–Trinajstić information content (AvgIpc) is 3.07. The van der Waals surface area contributed by atoms with Gasteiger partial charge < -0.3 is 10.2 Å². The van der Waals surface area contributed by atoms with E-state index in [1.807, 2.05) is 36.0 Å². The third kappa shape index (κ3) is 5.26. The van der Waals surface area contributed by atoms with Gasteiger partial charge >= 0.3 is 0 Å². The Labute approximate surface area is 207 Å². The van der Waals surface area contributed by atoms with Crippen LogP contribution in [0.2, 0.25) is 5.02 Å². The van der Waals surface area contributed by atoms with Crippen molar-refractivity contribution in [1.29, 1.82) is 0 Å². The molecular formula is C25H35Cl2N3OS. The highest BCUT2D eigenvalue weighted by Crippen LogP contribution is 2.57. The number of nitrogens with zero attached hydrogens (tertiary/aromatic N) is 2. The van der Waals surface area contributed by atoms with E-state index < -0.39 is 0 Å². The zero-order valence-corrected chi connectivity index (χ0v) is 21.3. The fourth-order valence-corrected chi connectivity index (χ4v) is 8.17. The standard InChI is InChI=1S/C25H34ClN3OS.ClH/c1-2-3-8-29-22(12-23(30)27-21-6-4-20(26)5-7-21)16-31-24(29)28-25-13-17-9-18(14-25)11-19(10-17)15-25;/h4-7,17-19,22H,2-3,8-16H2,1H3,(H,27,30);1H. The number of hydrogen-bond acceptors (Lipinski definition) is 3. The van der Waals surface area contributed by atoms with E-state index in [1.165, 1.54) is 43.7 Å². The van der Waals surface area contributed by atoms with E-state index in [0.717, 1.165) is 48.6 Å². The van der Waals surface area contributed by atoms with E-state index in [2.05, 4.69) is 17.1 Å². The van der Waals surface area contributed by atoms with Crippen LogP contribution in [0, 0.1) is 17.8 Å². The van der Waals surface area contributed by atoms with Gasteiger partial charge in [0.15, 0.2) is 5.17 Å². The average molecular weight is 497 g/mol. The molecule has 1 amide bonds. The highest BCUT2D eigenvalue weighted by Gasteiger charge is 2.51. The minimum absolute atomic E-state index is 0. The van der Waals surface area contributed by atoms with Crippen LogP contribution < -0.4 is 5.32 Å². The van der Waals surface area contributed by atoms with Gasteiger partial charge in [-0.3, -0.25) is 9.79 Å². The molecule has 1 N–H and O–H groups in total. The summed E-state index contributed by atoms with van der Waals surface area (Å²) in [5.41, 5.74) is 1.00. The highest BCUT2D eigenvalue weighted by molar-refractivity contribution is 8.14. The Morgan fingerprint density at radius 1 is 1.16 bits per heavy atom. The molecule has 0 aromatic heterocycles. The van der Waals surface area contributed by atoms with Gasteiger partial charge in [-0.1, -0.05) is 36.7 Å². The van der Waals surface area contributed by atoms with Gasteiger partial charge in [0.05, 0.1) is 5.54 Å². The SMILES string of the molecule is CCCCN1C(=NC23CC4CC(CC(C4)C2)C3)SCC1CC(=O)Nc1ccc(Cl)cc1.Cl. The summed E-state index contributed by atoms with van der Waals surface area (Å²) in [6.45, 7) is 3.24. The topological polar surface area (TPSA) is 44.7 Å². The quantitative estimate of drug-likeness (QED) is 0.461. The summed E-state index contributed by atoms with van der Waals surface area (Å²) in [5, 5.41) is 4.94. The summed E-state index contributed by atoms with van der Waals surface area (Å²) in [7, 11) is 0. The number of aliphatic imine (C=N–C) groups is 1. The number of benzene rings is 1. The van der Waals surface area contributed by atoms with E-state index in [4.69, 9.17) is 16.6 Å². The van der Waals surface area contributed by atoms with Gasteiger partial charge in [-0.2, -0.15) is 0 Å². The van der Waals surface area contributed by atoms with Crippen molar-refractivity contribution in [2.75, 3.05) is 17.6 Å². The first-order valence-electron chi connectivity index (χ1n) is 12.1. The molecule has 32 heavy (non-hydrogen) atoms. The molecule has 0 radical (unpaired) electrons. The molecular weight excluding hydrogens is 461 g/mol. The van der Waals surface area contributed by atoms with E-state index in [9.17, 15) is 4.79 Å². The Balaban J connectivity index is 0.00000245. The van der Waals surface area contributed by atoms with Gasteiger partial charge in [0.1, 0.15) is 0 Å². The molecule has 1 aliphatic heterocycles. The molecule has 4 saturated carbocycles. The van der Waals surface area contributed by atoms with Crippen molar-refractivity contribution >= 4 is 52.5 Å².